The number of methoxy groups -OCH3 is 1. The first kappa shape index (κ1) is 16.0. The second-order valence-electron chi connectivity index (χ2n) is 4.50. The van der Waals surface area contributed by atoms with Crippen molar-refractivity contribution in [1.29, 1.82) is 0 Å². The zero-order valence-electron chi connectivity index (χ0n) is 11.6. The highest BCUT2D eigenvalue weighted by Crippen LogP contribution is 2.30. The summed E-state index contributed by atoms with van der Waals surface area (Å²) in [6.07, 6.45) is 1.45. The van der Waals surface area contributed by atoms with Crippen molar-refractivity contribution in [1.82, 2.24) is 0 Å². The number of hydrogen-bond acceptors (Lipinski definition) is 3. The summed E-state index contributed by atoms with van der Waals surface area (Å²) in [6.45, 7) is 4.32. The molecule has 0 unspecified atom stereocenters. The van der Waals surface area contributed by atoms with Crippen molar-refractivity contribution in [2.45, 2.75) is 26.7 Å². The Bertz CT molecular complexity index is 437. The molecule has 0 aliphatic heterocycles. The lowest BCUT2D eigenvalue weighted by Gasteiger charge is -2.28. The van der Waals surface area contributed by atoms with Gasteiger partial charge in [-0.2, -0.15) is 0 Å². The maximum atomic E-state index is 12.4. The van der Waals surface area contributed by atoms with Gasteiger partial charge in [-0.1, -0.05) is 13.8 Å². The lowest BCUT2D eigenvalue weighted by molar-refractivity contribution is -0.125. The van der Waals surface area contributed by atoms with Gasteiger partial charge in [-0.3, -0.25) is 4.79 Å². The molecule has 4 nitrogen and oxygen atoms in total. The summed E-state index contributed by atoms with van der Waals surface area (Å²) in [6, 6.07) is 5.44. The molecule has 0 aliphatic rings. The third-order valence-corrected chi connectivity index (χ3v) is 4.26. The molecule has 1 aromatic carbocycles. The molecule has 3 N–H and O–H groups in total. The van der Waals surface area contributed by atoms with Crippen LogP contribution in [-0.4, -0.2) is 19.6 Å². The van der Waals surface area contributed by atoms with Crippen LogP contribution in [0.3, 0.4) is 0 Å². The first-order chi connectivity index (χ1) is 9.02. The van der Waals surface area contributed by atoms with E-state index in [0.29, 0.717) is 6.54 Å². The van der Waals surface area contributed by atoms with E-state index >= 15 is 0 Å². The maximum Gasteiger partial charge on any atom is 0.231 e. The molecule has 0 aliphatic carbocycles. The Hall–Kier alpha value is -1.07. The average Bonchev–Trinajstić information content (AvgIpc) is 2.41. The van der Waals surface area contributed by atoms with Crippen molar-refractivity contribution in [3.63, 3.8) is 0 Å². The number of halogens is 1. The van der Waals surface area contributed by atoms with Gasteiger partial charge < -0.3 is 15.8 Å². The summed E-state index contributed by atoms with van der Waals surface area (Å²) < 4.78 is 5.96. The number of hydrogen-bond donors (Lipinski definition) is 2. The van der Waals surface area contributed by atoms with Gasteiger partial charge in [-0.25, -0.2) is 0 Å². The SMILES string of the molecule is CCC(CC)(CN)C(=O)Nc1ccc(OC)c(Br)c1. The van der Waals surface area contributed by atoms with Gasteiger partial charge in [0.2, 0.25) is 5.91 Å². The van der Waals surface area contributed by atoms with Gasteiger partial charge in [0.15, 0.2) is 0 Å². The molecule has 19 heavy (non-hydrogen) atoms. The fourth-order valence-corrected chi connectivity index (χ4v) is 2.50. The fraction of sp³-hybridized carbons (Fsp3) is 0.500. The van der Waals surface area contributed by atoms with Crippen LogP contribution in [0.15, 0.2) is 22.7 Å². The van der Waals surface area contributed by atoms with Crippen LogP contribution in [0.4, 0.5) is 5.69 Å². The lowest BCUT2D eigenvalue weighted by atomic mass is 9.81. The predicted molar refractivity (Wildman–Crippen MR) is 81.4 cm³/mol. The van der Waals surface area contributed by atoms with E-state index in [1.54, 1.807) is 7.11 Å². The molecule has 1 amide bonds. The number of ether oxygens (including phenoxy) is 1. The van der Waals surface area contributed by atoms with E-state index in [0.717, 1.165) is 28.8 Å². The molecule has 106 valence electrons. The van der Waals surface area contributed by atoms with Crippen LogP contribution in [0.5, 0.6) is 5.75 Å². The van der Waals surface area contributed by atoms with Crippen LogP contribution >= 0.6 is 15.9 Å². The van der Waals surface area contributed by atoms with E-state index in [1.165, 1.54) is 0 Å². The maximum absolute atomic E-state index is 12.4. The molecule has 0 saturated carbocycles. The molecule has 5 heteroatoms. The smallest absolute Gasteiger partial charge is 0.231 e. The van der Waals surface area contributed by atoms with Gasteiger partial charge in [0.05, 0.1) is 17.0 Å². The minimum absolute atomic E-state index is 0.0305. The molecular formula is C14H21BrN2O2. The Kier molecular flexibility index (Phi) is 5.82. The second kappa shape index (κ2) is 6.91. The fourth-order valence-electron chi connectivity index (χ4n) is 1.96. The highest BCUT2D eigenvalue weighted by Gasteiger charge is 2.33. The van der Waals surface area contributed by atoms with Crippen LogP contribution in [0, 0.1) is 5.41 Å². The van der Waals surface area contributed by atoms with Crippen molar-refractivity contribution >= 4 is 27.5 Å². The minimum Gasteiger partial charge on any atom is -0.496 e. The Morgan fingerprint density at radius 2 is 2.05 bits per heavy atom. The molecular weight excluding hydrogens is 308 g/mol. The number of nitrogens with one attached hydrogen (secondary N) is 1. The van der Waals surface area contributed by atoms with Crippen LogP contribution in [-0.2, 0) is 4.79 Å². The number of anilines is 1. The number of carbonyl (C=O) groups is 1. The first-order valence-corrected chi connectivity index (χ1v) is 7.17. The van der Waals surface area contributed by atoms with Gasteiger partial charge in [0.1, 0.15) is 5.75 Å². The molecule has 0 fully saturated rings. The molecule has 0 saturated heterocycles. The van der Waals surface area contributed by atoms with Crippen molar-refractivity contribution in [2.75, 3.05) is 19.0 Å². The first-order valence-electron chi connectivity index (χ1n) is 6.38. The minimum atomic E-state index is -0.494. The molecule has 0 atom stereocenters. The second-order valence-corrected chi connectivity index (χ2v) is 5.35. The van der Waals surface area contributed by atoms with Crippen molar-refractivity contribution in [2.24, 2.45) is 11.1 Å². The van der Waals surface area contributed by atoms with Gasteiger partial charge in [0, 0.05) is 12.2 Å². The molecule has 0 spiro atoms. The number of nitrogens with two attached hydrogens (primary N) is 1. The molecule has 1 aromatic rings. The molecule has 0 bridgehead atoms. The van der Waals surface area contributed by atoms with Gasteiger partial charge in [0.25, 0.3) is 0 Å². The topological polar surface area (TPSA) is 64.4 Å². The van der Waals surface area contributed by atoms with E-state index in [9.17, 15) is 4.79 Å². The average molecular weight is 329 g/mol. The van der Waals surface area contributed by atoms with E-state index in [4.69, 9.17) is 10.5 Å². The number of amides is 1. The van der Waals surface area contributed by atoms with Crippen LogP contribution in [0.2, 0.25) is 0 Å². The van der Waals surface area contributed by atoms with E-state index in [2.05, 4.69) is 21.2 Å². The normalized spacial score (nSPS) is 11.2. The Morgan fingerprint density at radius 1 is 1.42 bits per heavy atom. The molecule has 0 aromatic heterocycles. The summed E-state index contributed by atoms with van der Waals surface area (Å²) in [7, 11) is 1.60. The summed E-state index contributed by atoms with van der Waals surface area (Å²) in [4.78, 5) is 12.4. The molecule has 1 rings (SSSR count). The van der Waals surface area contributed by atoms with Crippen LogP contribution in [0.1, 0.15) is 26.7 Å². The summed E-state index contributed by atoms with van der Waals surface area (Å²) in [5.74, 6) is 0.700. The van der Waals surface area contributed by atoms with Crippen LogP contribution < -0.4 is 15.8 Å². The number of rotatable bonds is 6. The number of benzene rings is 1. The van der Waals surface area contributed by atoms with Crippen molar-refractivity contribution < 1.29 is 9.53 Å². The third-order valence-electron chi connectivity index (χ3n) is 3.64. The Labute approximate surface area is 122 Å². The Morgan fingerprint density at radius 3 is 2.47 bits per heavy atom. The highest BCUT2D eigenvalue weighted by molar-refractivity contribution is 9.10. The largest absolute Gasteiger partial charge is 0.496 e. The van der Waals surface area contributed by atoms with E-state index in [-0.39, 0.29) is 5.91 Å². The highest BCUT2D eigenvalue weighted by atomic mass is 79.9. The number of carbonyl (C=O) groups excluding carboxylic acids is 1. The quantitative estimate of drug-likeness (QED) is 0.843. The monoisotopic (exact) mass is 328 g/mol. The lowest BCUT2D eigenvalue weighted by Crippen LogP contribution is -2.41. The zero-order chi connectivity index (χ0) is 14.5. The zero-order valence-corrected chi connectivity index (χ0v) is 13.2. The van der Waals surface area contributed by atoms with Crippen LogP contribution in [0.25, 0.3) is 0 Å². The molecule has 0 radical (unpaired) electrons. The summed E-state index contributed by atoms with van der Waals surface area (Å²) in [5, 5.41) is 2.92. The van der Waals surface area contributed by atoms with Gasteiger partial charge >= 0.3 is 0 Å². The van der Waals surface area contributed by atoms with Gasteiger partial charge in [-0.05, 0) is 47.0 Å². The van der Waals surface area contributed by atoms with E-state index in [1.807, 2.05) is 32.0 Å². The van der Waals surface area contributed by atoms with Crippen molar-refractivity contribution in [3.8, 4) is 5.75 Å². The Balaban J connectivity index is 2.90. The standard InChI is InChI=1S/C14H21BrN2O2/c1-4-14(5-2,9-16)13(18)17-10-6-7-12(19-3)11(15)8-10/h6-8H,4-5,9,16H2,1-3H3,(H,17,18). The van der Waals surface area contributed by atoms with Crippen molar-refractivity contribution in [3.05, 3.63) is 22.7 Å². The van der Waals surface area contributed by atoms with Gasteiger partial charge in [-0.15, -0.1) is 0 Å². The van der Waals surface area contributed by atoms with E-state index < -0.39 is 5.41 Å². The summed E-state index contributed by atoms with van der Waals surface area (Å²) in [5.41, 5.74) is 6.01. The summed E-state index contributed by atoms with van der Waals surface area (Å²) >= 11 is 3.40. The predicted octanol–water partition coefficient (Wildman–Crippen LogP) is 3.16. The third kappa shape index (κ3) is 3.48. The molecule has 0 heterocycles.